The Morgan fingerprint density at radius 3 is 2.62 bits per heavy atom. The molecule has 0 radical (unpaired) electrons. The summed E-state index contributed by atoms with van der Waals surface area (Å²) in [6.45, 7) is 4.83. The molecule has 2 N–H and O–H groups in total. The van der Waals surface area contributed by atoms with E-state index in [1.807, 2.05) is 13.8 Å². The van der Waals surface area contributed by atoms with Gasteiger partial charge in [0.15, 0.2) is 9.84 Å². The second kappa shape index (κ2) is 7.74. The lowest BCUT2D eigenvalue weighted by atomic mass is 10.1. The first kappa shape index (κ1) is 17.9. The summed E-state index contributed by atoms with van der Waals surface area (Å²) in [6.07, 6.45) is 0.630. The van der Waals surface area contributed by atoms with Crippen molar-refractivity contribution < 1.29 is 23.1 Å². The van der Waals surface area contributed by atoms with Crippen LogP contribution in [0.25, 0.3) is 0 Å². The number of carboxylic acid groups (broad SMARTS) is 1. The van der Waals surface area contributed by atoms with Gasteiger partial charge in [0, 0.05) is 19.0 Å². The Hall–Kier alpha value is -1.15. The molecule has 1 amide bonds. The third kappa shape index (κ3) is 6.43. The lowest BCUT2D eigenvalue weighted by Gasteiger charge is -2.34. The van der Waals surface area contributed by atoms with Crippen molar-refractivity contribution in [2.24, 2.45) is 0 Å². The van der Waals surface area contributed by atoms with Gasteiger partial charge in [-0.05, 0) is 13.0 Å². The number of carboxylic acids is 1. The normalized spacial score (nSPS) is 21.5. The van der Waals surface area contributed by atoms with E-state index >= 15 is 0 Å². The molecule has 0 aromatic carbocycles. The van der Waals surface area contributed by atoms with Gasteiger partial charge in [-0.3, -0.25) is 9.59 Å². The molecule has 0 bridgehead atoms. The zero-order chi connectivity index (χ0) is 16.0. The van der Waals surface area contributed by atoms with Crippen molar-refractivity contribution >= 4 is 21.7 Å². The van der Waals surface area contributed by atoms with Crippen LogP contribution in [-0.4, -0.2) is 67.0 Å². The molecule has 1 heterocycles. The van der Waals surface area contributed by atoms with Gasteiger partial charge < -0.3 is 15.3 Å². The van der Waals surface area contributed by atoms with Crippen LogP contribution in [0.5, 0.6) is 0 Å². The van der Waals surface area contributed by atoms with Crippen LogP contribution in [-0.2, 0) is 19.4 Å². The molecule has 0 saturated carbocycles. The van der Waals surface area contributed by atoms with Gasteiger partial charge in [-0.2, -0.15) is 0 Å². The molecule has 0 aromatic heterocycles. The van der Waals surface area contributed by atoms with Crippen LogP contribution >= 0.6 is 0 Å². The fraction of sp³-hybridized carbons (Fsp3) is 0.846. The van der Waals surface area contributed by atoms with Gasteiger partial charge in [0.1, 0.15) is 0 Å². The van der Waals surface area contributed by atoms with Gasteiger partial charge in [0.05, 0.1) is 24.0 Å². The van der Waals surface area contributed by atoms with Crippen molar-refractivity contribution in [3.05, 3.63) is 0 Å². The van der Waals surface area contributed by atoms with Gasteiger partial charge >= 0.3 is 5.97 Å². The van der Waals surface area contributed by atoms with Crippen molar-refractivity contribution in [2.45, 2.75) is 45.2 Å². The van der Waals surface area contributed by atoms with Gasteiger partial charge in [0.25, 0.3) is 0 Å². The lowest BCUT2D eigenvalue weighted by Crippen LogP contribution is -2.52. The Balaban J connectivity index is 2.56. The minimum absolute atomic E-state index is 0.0842. The highest BCUT2D eigenvalue weighted by Gasteiger charge is 2.34. The maximum absolute atomic E-state index is 12.2. The fourth-order valence-electron chi connectivity index (χ4n) is 2.36. The second-order valence-corrected chi connectivity index (χ2v) is 7.89. The summed E-state index contributed by atoms with van der Waals surface area (Å²) in [7, 11) is -3.25. The summed E-state index contributed by atoms with van der Waals surface area (Å²) >= 11 is 0. The fourth-order valence-corrected chi connectivity index (χ4v) is 3.88. The Kier molecular flexibility index (Phi) is 6.60. The number of hydrogen-bond acceptors (Lipinski definition) is 5. The summed E-state index contributed by atoms with van der Waals surface area (Å²) in [5.74, 6) is -1.59. The molecule has 1 atom stereocenters. The molecular formula is C13H24N2O5S. The first-order valence-corrected chi connectivity index (χ1v) is 8.98. The molecule has 1 unspecified atom stereocenters. The number of rotatable bonds is 7. The highest BCUT2D eigenvalue weighted by molar-refractivity contribution is 7.91. The van der Waals surface area contributed by atoms with Crippen LogP contribution in [0.15, 0.2) is 0 Å². The van der Waals surface area contributed by atoms with Gasteiger partial charge in [0.2, 0.25) is 5.91 Å². The summed E-state index contributed by atoms with van der Waals surface area (Å²) in [5, 5.41) is 12.1. The van der Waals surface area contributed by atoms with E-state index in [-0.39, 0.29) is 30.4 Å². The zero-order valence-electron chi connectivity index (χ0n) is 12.5. The molecule has 21 heavy (non-hydrogen) atoms. The van der Waals surface area contributed by atoms with Crippen LogP contribution < -0.4 is 5.32 Å². The number of aliphatic carboxylic acids is 1. The number of carbonyl (C=O) groups is 2. The van der Waals surface area contributed by atoms with E-state index in [4.69, 9.17) is 5.11 Å². The highest BCUT2D eigenvalue weighted by atomic mass is 32.2. The second-order valence-electron chi connectivity index (χ2n) is 5.67. The van der Waals surface area contributed by atoms with E-state index in [1.165, 1.54) is 4.90 Å². The largest absolute Gasteiger partial charge is 0.481 e. The molecule has 1 aliphatic heterocycles. The highest BCUT2D eigenvalue weighted by Crippen LogP contribution is 2.16. The van der Waals surface area contributed by atoms with Crippen molar-refractivity contribution in [1.82, 2.24) is 10.2 Å². The van der Waals surface area contributed by atoms with Crippen molar-refractivity contribution in [3.63, 3.8) is 0 Å². The van der Waals surface area contributed by atoms with Crippen LogP contribution in [0.1, 0.15) is 33.1 Å². The summed E-state index contributed by atoms with van der Waals surface area (Å²) < 4.78 is 23.2. The number of nitrogens with zero attached hydrogens (tertiary/aromatic N) is 1. The lowest BCUT2D eigenvalue weighted by molar-refractivity contribution is -0.140. The molecule has 0 aliphatic carbocycles. The van der Waals surface area contributed by atoms with E-state index in [1.54, 1.807) is 0 Å². The molecule has 1 saturated heterocycles. The molecule has 0 spiro atoms. The predicted molar refractivity (Wildman–Crippen MR) is 78.8 cm³/mol. The molecule has 1 fully saturated rings. The predicted octanol–water partition coefficient (Wildman–Crippen LogP) is -0.135. The first-order chi connectivity index (χ1) is 9.71. The number of carbonyl (C=O) groups excluding carboxylic acids is 1. The first-order valence-electron chi connectivity index (χ1n) is 7.16. The molecule has 0 aromatic rings. The average molecular weight is 320 g/mol. The molecule has 1 aliphatic rings. The molecule has 7 nitrogen and oxygen atoms in total. The molecular weight excluding hydrogens is 296 g/mol. The van der Waals surface area contributed by atoms with Crippen molar-refractivity contribution in [2.75, 3.05) is 24.6 Å². The number of amides is 1. The summed E-state index contributed by atoms with van der Waals surface area (Å²) in [6, 6.07) is -0.396. The smallest absolute Gasteiger partial charge is 0.305 e. The van der Waals surface area contributed by atoms with E-state index in [0.717, 1.165) is 0 Å². The number of sulfone groups is 1. The molecule has 8 heteroatoms. The van der Waals surface area contributed by atoms with Crippen LogP contribution in [0.2, 0.25) is 0 Å². The van der Waals surface area contributed by atoms with Crippen LogP contribution in [0, 0.1) is 0 Å². The minimum Gasteiger partial charge on any atom is -0.481 e. The maximum Gasteiger partial charge on any atom is 0.305 e. The Bertz CT molecular complexity index is 475. The monoisotopic (exact) mass is 320 g/mol. The van der Waals surface area contributed by atoms with Crippen LogP contribution in [0.4, 0.5) is 0 Å². The van der Waals surface area contributed by atoms with E-state index in [2.05, 4.69) is 5.32 Å². The maximum atomic E-state index is 12.2. The number of hydrogen-bond donors (Lipinski definition) is 2. The van der Waals surface area contributed by atoms with Crippen LogP contribution in [0.3, 0.4) is 0 Å². The average Bonchev–Trinajstić information content (AvgIpc) is 2.32. The quantitative estimate of drug-likeness (QED) is 0.633. The number of nitrogens with one attached hydrogen (secondary N) is 1. The van der Waals surface area contributed by atoms with Gasteiger partial charge in [-0.15, -0.1) is 0 Å². The molecule has 122 valence electrons. The van der Waals surface area contributed by atoms with E-state index in [0.29, 0.717) is 25.4 Å². The Labute approximate surface area is 125 Å². The SMILES string of the molecule is CC(C)NCCCC(=O)N1CCS(=O)(=O)CC1CC(=O)O. The minimum atomic E-state index is -3.25. The van der Waals surface area contributed by atoms with Gasteiger partial charge in [-0.1, -0.05) is 13.8 Å². The van der Waals surface area contributed by atoms with E-state index in [9.17, 15) is 18.0 Å². The summed E-state index contributed by atoms with van der Waals surface area (Å²) in [5.41, 5.74) is 0. The topological polar surface area (TPSA) is 104 Å². The van der Waals surface area contributed by atoms with Gasteiger partial charge in [-0.25, -0.2) is 8.42 Å². The molecule has 1 rings (SSSR count). The van der Waals surface area contributed by atoms with E-state index < -0.39 is 21.8 Å². The standard InChI is InChI=1S/C13H24N2O5S/c1-10(2)14-5-3-4-12(16)15-6-7-21(19,20)9-11(15)8-13(17)18/h10-11,14H,3-9H2,1-2H3,(H,17,18). The van der Waals surface area contributed by atoms with Crippen molar-refractivity contribution in [1.29, 1.82) is 0 Å². The summed E-state index contributed by atoms with van der Waals surface area (Å²) in [4.78, 5) is 24.4. The Morgan fingerprint density at radius 2 is 2.05 bits per heavy atom. The third-order valence-corrected chi connectivity index (χ3v) is 5.08. The zero-order valence-corrected chi connectivity index (χ0v) is 13.4. The Morgan fingerprint density at radius 1 is 1.38 bits per heavy atom. The third-order valence-electron chi connectivity index (χ3n) is 3.38. The van der Waals surface area contributed by atoms with Crippen molar-refractivity contribution in [3.8, 4) is 0 Å².